The van der Waals surface area contributed by atoms with Crippen LogP contribution in [0.4, 0.5) is 0 Å². The lowest BCUT2D eigenvalue weighted by molar-refractivity contribution is 0.186. The molecule has 1 N–H and O–H groups in total. The average Bonchev–Trinajstić information content (AvgIpc) is 2.41. The molecule has 18 heavy (non-hydrogen) atoms. The van der Waals surface area contributed by atoms with Crippen molar-refractivity contribution in [3.8, 4) is 11.8 Å². The van der Waals surface area contributed by atoms with Gasteiger partial charge >= 0.3 is 0 Å². The van der Waals surface area contributed by atoms with Crippen LogP contribution < -0.4 is 5.32 Å². The van der Waals surface area contributed by atoms with Crippen molar-refractivity contribution in [1.82, 2.24) is 10.2 Å². The molecule has 1 aromatic rings. The maximum Gasteiger partial charge on any atom is 0.0578 e. The fourth-order valence-electron chi connectivity index (χ4n) is 2.49. The molecule has 1 aromatic carbocycles. The molecule has 0 spiro atoms. The summed E-state index contributed by atoms with van der Waals surface area (Å²) in [4.78, 5) is 2.54. The maximum atomic E-state index is 3.52. The molecule has 0 radical (unpaired) electrons. The van der Waals surface area contributed by atoms with E-state index < -0.39 is 0 Å². The molecule has 0 aromatic heterocycles. The lowest BCUT2D eigenvalue weighted by Crippen LogP contribution is -2.45. The Morgan fingerprint density at radius 3 is 2.94 bits per heavy atom. The molecule has 0 saturated carbocycles. The second kappa shape index (κ2) is 7.20. The summed E-state index contributed by atoms with van der Waals surface area (Å²) in [6.07, 6.45) is 2.56. The van der Waals surface area contributed by atoms with Gasteiger partial charge in [0.25, 0.3) is 0 Å². The summed E-state index contributed by atoms with van der Waals surface area (Å²) in [5.74, 6) is 6.01. The molecular formula is C16H22N2. The van der Waals surface area contributed by atoms with Crippen LogP contribution in [0, 0.1) is 11.8 Å². The molecule has 0 bridgehead atoms. The maximum absolute atomic E-state index is 3.52. The van der Waals surface area contributed by atoms with Crippen LogP contribution >= 0.6 is 0 Å². The normalized spacial score (nSPS) is 20.2. The minimum absolute atomic E-state index is 0.600. The molecular weight excluding hydrogens is 220 g/mol. The van der Waals surface area contributed by atoms with Crippen LogP contribution in [0.15, 0.2) is 30.3 Å². The van der Waals surface area contributed by atoms with Crippen molar-refractivity contribution < 1.29 is 0 Å². The van der Waals surface area contributed by atoms with Crippen LogP contribution in [0.5, 0.6) is 0 Å². The number of nitrogens with zero attached hydrogens (tertiary/aromatic N) is 1. The van der Waals surface area contributed by atoms with Crippen LogP contribution in [-0.4, -0.2) is 30.6 Å². The van der Waals surface area contributed by atoms with E-state index in [0.29, 0.717) is 6.04 Å². The highest BCUT2D eigenvalue weighted by Gasteiger charge is 2.18. The number of hydrogen-bond acceptors (Lipinski definition) is 2. The van der Waals surface area contributed by atoms with Gasteiger partial charge in [0.2, 0.25) is 0 Å². The summed E-state index contributed by atoms with van der Waals surface area (Å²) in [6.45, 7) is 6.13. The van der Waals surface area contributed by atoms with Gasteiger partial charge < -0.3 is 5.32 Å². The Balaban J connectivity index is 1.80. The van der Waals surface area contributed by atoms with E-state index in [-0.39, 0.29) is 0 Å². The lowest BCUT2D eigenvalue weighted by atomic mass is 10.0. The highest BCUT2D eigenvalue weighted by atomic mass is 15.2. The van der Waals surface area contributed by atoms with Crippen LogP contribution in [-0.2, 0) is 6.54 Å². The molecule has 0 amide bonds. The van der Waals surface area contributed by atoms with E-state index in [4.69, 9.17) is 0 Å². The summed E-state index contributed by atoms with van der Waals surface area (Å²) in [6, 6.07) is 11.3. The number of hydrogen-bond donors (Lipinski definition) is 1. The van der Waals surface area contributed by atoms with Gasteiger partial charge in [0.15, 0.2) is 0 Å². The van der Waals surface area contributed by atoms with Gasteiger partial charge in [-0.15, -0.1) is 5.92 Å². The third-order valence-electron chi connectivity index (χ3n) is 3.41. The Bertz CT molecular complexity index is 402. The van der Waals surface area contributed by atoms with Crippen molar-refractivity contribution >= 4 is 0 Å². The van der Waals surface area contributed by atoms with Gasteiger partial charge in [-0.1, -0.05) is 36.3 Å². The molecule has 2 rings (SSSR count). The Morgan fingerprint density at radius 2 is 2.17 bits per heavy atom. The van der Waals surface area contributed by atoms with Crippen molar-refractivity contribution in [2.75, 3.05) is 19.6 Å². The third kappa shape index (κ3) is 4.18. The van der Waals surface area contributed by atoms with Crippen molar-refractivity contribution in [1.29, 1.82) is 0 Å². The number of piperidine rings is 1. The molecule has 1 aliphatic rings. The minimum Gasteiger partial charge on any atom is -0.302 e. The summed E-state index contributed by atoms with van der Waals surface area (Å²) in [5, 5.41) is 3.52. The lowest BCUT2D eigenvalue weighted by Gasteiger charge is -2.33. The highest BCUT2D eigenvalue weighted by molar-refractivity contribution is 5.14. The second-order valence-corrected chi connectivity index (χ2v) is 4.87. The van der Waals surface area contributed by atoms with Gasteiger partial charge in [0.1, 0.15) is 0 Å². The highest BCUT2D eigenvalue weighted by Crippen LogP contribution is 2.13. The van der Waals surface area contributed by atoms with Gasteiger partial charge in [0, 0.05) is 19.1 Å². The number of nitrogens with one attached hydrogen (secondary N) is 1. The zero-order valence-electron chi connectivity index (χ0n) is 11.2. The van der Waals surface area contributed by atoms with Gasteiger partial charge in [0.05, 0.1) is 6.54 Å². The minimum atomic E-state index is 0.600. The average molecular weight is 242 g/mol. The van der Waals surface area contributed by atoms with Gasteiger partial charge in [-0.2, -0.15) is 0 Å². The molecule has 0 aliphatic carbocycles. The van der Waals surface area contributed by atoms with E-state index in [2.05, 4.69) is 52.4 Å². The molecule has 2 heteroatoms. The van der Waals surface area contributed by atoms with Crippen molar-refractivity contribution in [3.63, 3.8) is 0 Å². The van der Waals surface area contributed by atoms with Crippen LogP contribution in [0.3, 0.4) is 0 Å². The largest absolute Gasteiger partial charge is 0.302 e. The Labute approximate surface area is 110 Å². The first-order valence-electron chi connectivity index (χ1n) is 6.78. The molecule has 1 heterocycles. The first kappa shape index (κ1) is 13.1. The van der Waals surface area contributed by atoms with E-state index in [1.807, 2.05) is 6.92 Å². The Kier molecular flexibility index (Phi) is 5.26. The van der Waals surface area contributed by atoms with Crippen LogP contribution in [0.2, 0.25) is 0 Å². The van der Waals surface area contributed by atoms with Crippen LogP contribution in [0.1, 0.15) is 25.3 Å². The second-order valence-electron chi connectivity index (χ2n) is 4.87. The molecule has 1 unspecified atom stereocenters. The number of likely N-dealkylation sites (tertiary alicyclic amines) is 1. The zero-order chi connectivity index (χ0) is 12.6. The van der Waals surface area contributed by atoms with Gasteiger partial charge in [-0.25, -0.2) is 0 Å². The standard InChI is InChI=1S/C16H22N2/c1-2-3-11-17-16-10-7-12-18(14-16)13-15-8-5-4-6-9-15/h4-6,8-9,16-17H,7,10-14H2,1H3. The first-order chi connectivity index (χ1) is 8.88. The monoisotopic (exact) mass is 242 g/mol. The smallest absolute Gasteiger partial charge is 0.0578 e. The van der Waals surface area contributed by atoms with Crippen molar-refractivity contribution in [2.24, 2.45) is 0 Å². The number of rotatable bonds is 4. The topological polar surface area (TPSA) is 15.3 Å². The van der Waals surface area contributed by atoms with E-state index in [0.717, 1.165) is 19.6 Å². The van der Waals surface area contributed by atoms with Crippen LogP contribution in [0.25, 0.3) is 0 Å². The fourth-order valence-corrected chi connectivity index (χ4v) is 2.49. The Hall–Kier alpha value is -1.30. The van der Waals surface area contributed by atoms with Crippen molar-refractivity contribution in [2.45, 2.75) is 32.4 Å². The summed E-state index contributed by atoms with van der Waals surface area (Å²) < 4.78 is 0. The predicted octanol–water partition coefficient (Wildman–Crippen LogP) is 2.26. The van der Waals surface area contributed by atoms with Gasteiger partial charge in [-0.3, -0.25) is 4.90 Å². The van der Waals surface area contributed by atoms with E-state index in [9.17, 15) is 0 Å². The third-order valence-corrected chi connectivity index (χ3v) is 3.41. The first-order valence-corrected chi connectivity index (χ1v) is 6.78. The van der Waals surface area contributed by atoms with E-state index in [1.165, 1.54) is 24.9 Å². The van der Waals surface area contributed by atoms with Crippen molar-refractivity contribution in [3.05, 3.63) is 35.9 Å². The van der Waals surface area contributed by atoms with Gasteiger partial charge in [-0.05, 0) is 31.9 Å². The molecule has 2 nitrogen and oxygen atoms in total. The molecule has 96 valence electrons. The molecule has 1 atom stereocenters. The fraction of sp³-hybridized carbons (Fsp3) is 0.500. The van der Waals surface area contributed by atoms with E-state index in [1.54, 1.807) is 0 Å². The summed E-state index contributed by atoms with van der Waals surface area (Å²) in [5.41, 5.74) is 1.41. The Morgan fingerprint density at radius 1 is 1.33 bits per heavy atom. The van der Waals surface area contributed by atoms with E-state index >= 15 is 0 Å². The predicted molar refractivity (Wildman–Crippen MR) is 76.2 cm³/mol. The summed E-state index contributed by atoms with van der Waals surface area (Å²) in [7, 11) is 0. The zero-order valence-corrected chi connectivity index (χ0v) is 11.2. The summed E-state index contributed by atoms with van der Waals surface area (Å²) >= 11 is 0. The molecule has 1 fully saturated rings. The molecule has 1 saturated heterocycles. The number of benzene rings is 1. The SMILES string of the molecule is CC#CCNC1CCCN(Cc2ccccc2)C1. The molecule has 1 aliphatic heterocycles. The quantitative estimate of drug-likeness (QED) is 0.815.